The van der Waals surface area contributed by atoms with Gasteiger partial charge in [-0.25, -0.2) is 4.79 Å². The lowest BCUT2D eigenvalue weighted by Crippen LogP contribution is -2.59. The lowest BCUT2D eigenvalue weighted by atomic mass is 9.85. The Bertz CT molecular complexity index is 1610. The van der Waals surface area contributed by atoms with Crippen molar-refractivity contribution in [1.82, 2.24) is 20.9 Å². The Morgan fingerprint density at radius 2 is 1.73 bits per heavy atom. The molecule has 0 unspecified atom stereocenters. The maximum atomic E-state index is 14.5. The molecule has 2 aromatic carbocycles. The van der Waals surface area contributed by atoms with Crippen LogP contribution >= 0.6 is 11.6 Å². The van der Waals surface area contributed by atoms with E-state index < -0.39 is 58.7 Å². The molecule has 3 N–H and O–H groups in total. The van der Waals surface area contributed by atoms with Crippen LogP contribution in [0.3, 0.4) is 0 Å². The molecule has 1 saturated heterocycles. The van der Waals surface area contributed by atoms with Gasteiger partial charge in [0.15, 0.2) is 5.60 Å². The van der Waals surface area contributed by atoms with Crippen molar-refractivity contribution in [3.05, 3.63) is 70.7 Å². The van der Waals surface area contributed by atoms with Gasteiger partial charge in [-0.05, 0) is 36.3 Å². The molecule has 5 rings (SSSR count). The number of likely N-dealkylation sites (tertiary alicyclic amines) is 1. The van der Waals surface area contributed by atoms with Crippen LogP contribution in [-0.2, 0) is 35.4 Å². The molecule has 1 aliphatic carbocycles. The van der Waals surface area contributed by atoms with Crippen molar-refractivity contribution in [3.8, 4) is 0 Å². The monoisotopic (exact) mass is 693 g/mol. The van der Waals surface area contributed by atoms with Crippen molar-refractivity contribution in [3.63, 3.8) is 0 Å². The zero-order valence-electron chi connectivity index (χ0n) is 28.3. The molecule has 0 radical (unpaired) electrons. The highest BCUT2D eigenvalue weighted by Gasteiger charge is 2.56. The van der Waals surface area contributed by atoms with Crippen LogP contribution in [0.4, 0.5) is 4.79 Å². The van der Waals surface area contributed by atoms with Crippen LogP contribution in [0.15, 0.2) is 59.8 Å². The van der Waals surface area contributed by atoms with Gasteiger partial charge in [0, 0.05) is 29.5 Å². The molecular weight excluding hydrogens is 650 g/mol. The molecule has 4 amide bonds. The summed E-state index contributed by atoms with van der Waals surface area (Å²) in [5, 5.41) is 13.0. The SMILES string of the molecule is CCC[C@H](NC(=O)[C@@H]1C[C@]2(CC(c3ccccc3Cl)=NO2)CN1C(=O)[C@@H](NC(=O)OCc1ccccc1)C(C)(C)C)C(=O)C(=O)NC1CC1. The lowest BCUT2D eigenvalue weighted by molar-refractivity contribution is -0.144. The second-order valence-corrected chi connectivity index (χ2v) is 14.5. The first-order valence-electron chi connectivity index (χ1n) is 16.7. The minimum atomic E-state index is -1.10. The molecule has 49 heavy (non-hydrogen) atoms. The van der Waals surface area contributed by atoms with Crippen LogP contribution in [0.5, 0.6) is 0 Å². The summed E-state index contributed by atoms with van der Waals surface area (Å²) >= 11 is 6.46. The highest BCUT2D eigenvalue weighted by atomic mass is 35.5. The van der Waals surface area contributed by atoms with Crippen LogP contribution in [0.2, 0.25) is 5.02 Å². The first-order chi connectivity index (χ1) is 23.3. The predicted octanol–water partition coefficient (Wildman–Crippen LogP) is 4.28. The van der Waals surface area contributed by atoms with Crippen LogP contribution in [0.25, 0.3) is 0 Å². The Morgan fingerprint density at radius 3 is 2.39 bits per heavy atom. The van der Waals surface area contributed by atoms with Gasteiger partial charge in [-0.2, -0.15) is 0 Å². The molecule has 2 fully saturated rings. The van der Waals surface area contributed by atoms with Gasteiger partial charge < -0.3 is 30.4 Å². The largest absolute Gasteiger partial charge is 0.445 e. The highest BCUT2D eigenvalue weighted by molar-refractivity contribution is 6.38. The van der Waals surface area contributed by atoms with E-state index in [9.17, 15) is 24.0 Å². The van der Waals surface area contributed by atoms with Gasteiger partial charge in [0.05, 0.1) is 18.3 Å². The standard InChI is InChI=1S/C36H44ClN5O7/c1-5-11-26(29(43)32(45)38-23-16-17-23)39-31(44)28-19-36(18-27(41-49-36)24-14-9-10-15-25(24)37)21-42(28)33(46)30(35(2,3)4)40-34(47)48-20-22-12-7-6-8-13-22/h6-10,12-15,23,26,28,30H,5,11,16-21H2,1-4H3,(H,38,45)(H,39,44)(H,40,47)/t26-,28-,30+,36+/m0/s1. The smallest absolute Gasteiger partial charge is 0.408 e. The summed E-state index contributed by atoms with van der Waals surface area (Å²) in [6.45, 7) is 7.23. The number of halogens is 1. The number of hydrogen-bond donors (Lipinski definition) is 3. The number of amides is 4. The maximum absolute atomic E-state index is 14.5. The molecule has 2 aromatic rings. The van der Waals surface area contributed by atoms with E-state index >= 15 is 0 Å². The number of oxime groups is 1. The molecule has 1 spiro atoms. The number of Topliss-reactive ketones (excluding diaryl/α,β-unsaturated/α-hetero) is 1. The third-order valence-corrected chi connectivity index (χ3v) is 9.27. The van der Waals surface area contributed by atoms with Crippen molar-refractivity contribution in [2.75, 3.05) is 6.54 Å². The van der Waals surface area contributed by atoms with E-state index in [4.69, 9.17) is 21.2 Å². The third-order valence-electron chi connectivity index (χ3n) is 8.94. The molecule has 0 bridgehead atoms. The summed E-state index contributed by atoms with van der Waals surface area (Å²) in [6.07, 6.45) is 1.92. The van der Waals surface area contributed by atoms with Crippen molar-refractivity contribution in [2.24, 2.45) is 10.6 Å². The van der Waals surface area contributed by atoms with Crippen molar-refractivity contribution < 1.29 is 33.5 Å². The Kier molecular flexibility index (Phi) is 11.0. The first kappa shape index (κ1) is 35.8. The van der Waals surface area contributed by atoms with E-state index in [1.165, 1.54) is 4.90 Å². The predicted molar refractivity (Wildman–Crippen MR) is 183 cm³/mol. The number of carbonyl (C=O) groups excluding carboxylic acids is 5. The zero-order chi connectivity index (χ0) is 35.3. The number of alkyl carbamates (subject to hydrolysis) is 1. The van der Waals surface area contributed by atoms with Gasteiger partial charge in [-0.3, -0.25) is 19.2 Å². The Labute approximate surface area is 291 Å². The van der Waals surface area contributed by atoms with Gasteiger partial charge in [0.25, 0.3) is 5.91 Å². The number of nitrogens with one attached hydrogen (secondary N) is 3. The van der Waals surface area contributed by atoms with E-state index in [1.807, 2.05) is 49.4 Å². The molecular formula is C36H44ClN5O7. The molecule has 262 valence electrons. The van der Waals surface area contributed by atoms with E-state index in [-0.39, 0.29) is 38.5 Å². The summed E-state index contributed by atoms with van der Waals surface area (Å²) in [7, 11) is 0. The average Bonchev–Trinajstić information content (AvgIpc) is 3.67. The van der Waals surface area contributed by atoms with E-state index in [0.717, 1.165) is 18.4 Å². The zero-order valence-corrected chi connectivity index (χ0v) is 29.0. The molecule has 1 saturated carbocycles. The van der Waals surface area contributed by atoms with E-state index in [2.05, 4.69) is 21.1 Å². The minimum Gasteiger partial charge on any atom is -0.445 e. The minimum absolute atomic E-state index is 0.00670. The van der Waals surface area contributed by atoms with Crippen LogP contribution in [0.1, 0.15) is 77.3 Å². The third kappa shape index (κ3) is 8.78. The normalized spacial score (nSPS) is 21.3. The van der Waals surface area contributed by atoms with Gasteiger partial charge in [0.1, 0.15) is 18.7 Å². The average molecular weight is 694 g/mol. The van der Waals surface area contributed by atoms with Gasteiger partial charge in [0.2, 0.25) is 17.6 Å². The summed E-state index contributed by atoms with van der Waals surface area (Å²) in [6, 6.07) is 13.1. The van der Waals surface area contributed by atoms with Gasteiger partial charge in [-0.15, -0.1) is 0 Å². The van der Waals surface area contributed by atoms with E-state index in [0.29, 0.717) is 22.7 Å². The number of nitrogens with zero attached hydrogens (tertiary/aromatic N) is 2. The number of ketones is 1. The number of ether oxygens (including phenoxy) is 1. The molecule has 4 atom stereocenters. The summed E-state index contributed by atoms with van der Waals surface area (Å²) < 4.78 is 5.44. The Hall–Kier alpha value is -4.45. The maximum Gasteiger partial charge on any atom is 0.408 e. The quantitative estimate of drug-likeness (QED) is 0.280. The number of hydrogen-bond acceptors (Lipinski definition) is 8. The topological polar surface area (TPSA) is 156 Å². The van der Waals surface area contributed by atoms with Crippen molar-refractivity contribution >= 4 is 46.9 Å². The number of benzene rings is 2. The number of carbonyl (C=O) groups is 5. The summed E-state index contributed by atoms with van der Waals surface area (Å²) in [5.74, 6) is -2.60. The fourth-order valence-corrected chi connectivity index (χ4v) is 6.38. The van der Waals surface area contributed by atoms with Crippen LogP contribution < -0.4 is 16.0 Å². The second kappa shape index (κ2) is 15.0. The Balaban J connectivity index is 1.38. The van der Waals surface area contributed by atoms with E-state index in [1.54, 1.807) is 32.9 Å². The Morgan fingerprint density at radius 1 is 1.04 bits per heavy atom. The molecule has 12 nitrogen and oxygen atoms in total. The summed E-state index contributed by atoms with van der Waals surface area (Å²) in [4.78, 5) is 74.8. The van der Waals surface area contributed by atoms with Gasteiger partial charge in [-0.1, -0.05) is 99.4 Å². The van der Waals surface area contributed by atoms with Crippen molar-refractivity contribution in [1.29, 1.82) is 0 Å². The van der Waals surface area contributed by atoms with Crippen LogP contribution in [-0.4, -0.2) is 76.5 Å². The highest BCUT2D eigenvalue weighted by Crippen LogP contribution is 2.40. The fraction of sp³-hybridized carbons (Fsp3) is 0.500. The molecule has 13 heteroatoms. The number of rotatable bonds is 12. The lowest BCUT2D eigenvalue weighted by Gasteiger charge is -2.35. The second-order valence-electron chi connectivity index (χ2n) is 14.1. The van der Waals surface area contributed by atoms with Crippen LogP contribution in [0, 0.1) is 5.41 Å². The molecule has 2 aliphatic heterocycles. The summed E-state index contributed by atoms with van der Waals surface area (Å²) in [5.41, 5.74) is 0.166. The fourth-order valence-electron chi connectivity index (χ4n) is 6.13. The van der Waals surface area contributed by atoms with Crippen molar-refractivity contribution in [2.45, 2.75) is 103 Å². The molecule has 3 aliphatic rings. The molecule has 2 heterocycles. The molecule has 0 aromatic heterocycles. The first-order valence-corrected chi connectivity index (χ1v) is 17.1. The van der Waals surface area contributed by atoms with Gasteiger partial charge >= 0.3 is 6.09 Å².